The van der Waals surface area contributed by atoms with Gasteiger partial charge in [-0.15, -0.1) is 0 Å². The summed E-state index contributed by atoms with van der Waals surface area (Å²) >= 11 is 1.37. The number of hydrogen-bond donors (Lipinski definition) is 0. The van der Waals surface area contributed by atoms with Crippen molar-refractivity contribution in [3.8, 4) is 0 Å². The fourth-order valence-corrected chi connectivity index (χ4v) is 6.15. The molecule has 0 unspecified atom stereocenters. The molecule has 10 atom stereocenters. The molecule has 55 heavy (non-hydrogen) atoms. The standard InChI is InChI=1S/C34H48O20S/c1-16(15-55-11-10-26(42)43-9)12-46-33-31(50-22(7)40)30(49-21(6)39)28(25(52-33)14-45-18(3)36)54-34-32(51-23(8)41)29(48-20(5)38)27(47-19(4)37)24(53-34)13-44-17(2)35/h24-25,27-34H,1,10-15H2,2-9H3/t24-,25-,27+,28-,29+,30+,31-,32-,33+,34+/m1/s1. The summed E-state index contributed by atoms with van der Waals surface area (Å²) in [6.45, 7) is 10.1. The monoisotopic (exact) mass is 808 g/mol. The molecule has 2 aliphatic rings. The Bertz CT molecular complexity index is 1400. The molecule has 0 aromatic heterocycles. The van der Waals surface area contributed by atoms with Crippen molar-refractivity contribution in [3.05, 3.63) is 12.2 Å². The molecule has 0 aromatic carbocycles. The van der Waals surface area contributed by atoms with Crippen LogP contribution in [0, 0.1) is 0 Å². The van der Waals surface area contributed by atoms with E-state index in [2.05, 4.69) is 11.3 Å². The Kier molecular flexibility index (Phi) is 19.5. The van der Waals surface area contributed by atoms with E-state index in [0.29, 0.717) is 17.1 Å². The Morgan fingerprint density at radius 3 is 1.45 bits per heavy atom. The Labute approximate surface area is 321 Å². The Hall–Kier alpha value is -4.31. The first-order valence-corrected chi connectivity index (χ1v) is 18.0. The van der Waals surface area contributed by atoms with Gasteiger partial charge in [-0.05, 0) is 5.57 Å². The zero-order valence-corrected chi connectivity index (χ0v) is 32.6. The summed E-state index contributed by atoms with van der Waals surface area (Å²) in [5.41, 5.74) is 0.525. The number of thioether (sulfide) groups is 1. The first kappa shape index (κ1) is 46.8. The molecule has 0 saturated carbocycles. The predicted octanol–water partition coefficient (Wildman–Crippen LogP) is 0.475. The van der Waals surface area contributed by atoms with Gasteiger partial charge in [0.1, 0.15) is 31.5 Å². The van der Waals surface area contributed by atoms with Crippen molar-refractivity contribution in [2.24, 2.45) is 0 Å². The number of hydrogen-bond acceptors (Lipinski definition) is 21. The normalized spacial score (nSPS) is 27.3. The third-order valence-electron chi connectivity index (χ3n) is 7.32. The highest BCUT2D eigenvalue weighted by Crippen LogP contribution is 2.35. The van der Waals surface area contributed by atoms with Crippen molar-refractivity contribution in [2.45, 2.75) is 116 Å². The molecule has 2 heterocycles. The lowest BCUT2D eigenvalue weighted by Crippen LogP contribution is -2.67. The molecular formula is C34H48O20S. The first-order valence-electron chi connectivity index (χ1n) is 16.8. The van der Waals surface area contributed by atoms with Crippen LogP contribution < -0.4 is 0 Å². The SMILES string of the molecule is C=C(CO[C@H]1O[C@H](COC(C)=O)[C@@H](O[C@@H]2O[C@H](COC(C)=O)[C@H](OC(C)=O)[C@H](OC(C)=O)[C@H]2OC(C)=O)[C@H](OC(C)=O)[C@H]1OC(C)=O)CSCCC(=O)OC. The Morgan fingerprint density at radius 2 is 0.982 bits per heavy atom. The summed E-state index contributed by atoms with van der Waals surface area (Å²) in [5.74, 6) is -5.58. The number of methoxy groups -OCH3 is 1. The number of esters is 8. The maximum atomic E-state index is 12.6. The van der Waals surface area contributed by atoms with Crippen molar-refractivity contribution in [3.63, 3.8) is 0 Å². The molecular weight excluding hydrogens is 760 g/mol. The van der Waals surface area contributed by atoms with Crippen LogP contribution in [0.3, 0.4) is 0 Å². The molecule has 20 nitrogen and oxygen atoms in total. The van der Waals surface area contributed by atoms with Crippen molar-refractivity contribution >= 4 is 59.5 Å². The number of carbonyl (C=O) groups is 8. The minimum Gasteiger partial charge on any atom is -0.469 e. The second kappa shape index (κ2) is 22.9. The van der Waals surface area contributed by atoms with Crippen LogP contribution in [-0.4, -0.2) is 148 Å². The summed E-state index contributed by atoms with van der Waals surface area (Å²) in [4.78, 5) is 97.2. The lowest BCUT2D eigenvalue weighted by molar-refractivity contribution is -0.360. The minimum atomic E-state index is -1.82. The van der Waals surface area contributed by atoms with E-state index < -0.39 is 116 Å². The molecule has 0 amide bonds. The first-order chi connectivity index (χ1) is 25.8. The molecule has 2 rings (SSSR count). The highest BCUT2D eigenvalue weighted by molar-refractivity contribution is 7.99. The quantitative estimate of drug-likeness (QED) is 0.0745. The maximum absolute atomic E-state index is 12.6. The molecule has 0 aromatic rings. The summed E-state index contributed by atoms with van der Waals surface area (Å²) in [5, 5.41) is 0. The van der Waals surface area contributed by atoms with E-state index in [1.54, 1.807) is 0 Å². The predicted molar refractivity (Wildman–Crippen MR) is 182 cm³/mol. The van der Waals surface area contributed by atoms with E-state index in [-0.39, 0.29) is 19.0 Å². The Morgan fingerprint density at radius 1 is 0.564 bits per heavy atom. The van der Waals surface area contributed by atoms with Crippen molar-refractivity contribution < 1.29 is 95.2 Å². The smallest absolute Gasteiger partial charge is 0.306 e. The van der Waals surface area contributed by atoms with E-state index in [1.807, 2.05) is 0 Å². The van der Waals surface area contributed by atoms with Gasteiger partial charge in [0.2, 0.25) is 0 Å². The van der Waals surface area contributed by atoms with Crippen LogP contribution in [0.2, 0.25) is 0 Å². The summed E-state index contributed by atoms with van der Waals surface area (Å²) < 4.78 is 67.0. The third kappa shape index (κ3) is 16.1. The van der Waals surface area contributed by atoms with Crippen LogP contribution in [0.15, 0.2) is 12.2 Å². The number of rotatable bonds is 19. The lowest BCUT2D eigenvalue weighted by Gasteiger charge is -2.48. The van der Waals surface area contributed by atoms with E-state index >= 15 is 0 Å². The molecule has 2 fully saturated rings. The Balaban J connectivity index is 2.61. The second-order valence-corrected chi connectivity index (χ2v) is 13.2. The van der Waals surface area contributed by atoms with E-state index in [1.165, 1.54) is 18.9 Å². The molecule has 0 N–H and O–H groups in total. The van der Waals surface area contributed by atoms with Crippen LogP contribution in [0.5, 0.6) is 0 Å². The van der Waals surface area contributed by atoms with Crippen LogP contribution in [0.25, 0.3) is 0 Å². The molecule has 21 heteroatoms. The van der Waals surface area contributed by atoms with Crippen molar-refractivity contribution in [1.29, 1.82) is 0 Å². The zero-order valence-electron chi connectivity index (χ0n) is 31.8. The van der Waals surface area contributed by atoms with Crippen molar-refractivity contribution in [2.75, 3.05) is 38.4 Å². The van der Waals surface area contributed by atoms with Gasteiger partial charge < -0.3 is 56.8 Å². The molecule has 0 radical (unpaired) electrons. The number of carbonyl (C=O) groups excluding carboxylic acids is 8. The van der Waals surface area contributed by atoms with Gasteiger partial charge in [0.05, 0.1) is 20.1 Å². The summed E-state index contributed by atoms with van der Waals surface area (Å²) in [6.07, 6.45) is -15.6. The fraction of sp³-hybridized carbons (Fsp3) is 0.706. The summed E-state index contributed by atoms with van der Waals surface area (Å²) in [7, 11) is 1.28. The van der Waals surface area contributed by atoms with Crippen LogP contribution in [-0.2, 0) is 95.2 Å². The van der Waals surface area contributed by atoms with Gasteiger partial charge in [0, 0.05) is 60.0 Å². The second-order valence-electron chi connectivity index (χ2n) is 12.1. The van der Waals surface area contributed by atoms with Gasteiger partial charge >= 0.3 is 47.8 Å². The molecule has 310 valence electrons. The van der Waals surface area contributed by atoms with Crippen molar-refractivity contribution in [1.82, 2.24) is 0 Å². The molecule has 0 bridgehead atoms. The van der Waals surface area contributed by atoms with E-state index in [0.717, 1.165) is 48.5 Å². The average Bonchev–Trinajstić information content (AvgIpc) is 3.07. The zero-order chi connectivity index (χ0) is 41.4. The maximum Gasteiger partial charge on any atom is 0.306 e. The highest BCUT2D eigenvalue weighted by atomic mass is 32.2. The average molecular weight is 809 g/mol. The van der Waals surface area contributed by atoms with Gasteiger partial charge in [-0.25, -0.2) is 0 Å². The van der Waals surface area contributed by atoms with Gasteiger partial charge in [0.15, 0.2) is 43.1 Å². The molecule has 0 spiro atoms. The lowest BCUT2D eigenvalue weighted by atomic mass is 9.96. The topological polar surface area (TPSA) is 247 Å². The largest absolute Gasteiger partial charge is 0.469 e. The van der Waals surface area contributed by atoms with Gasteiger partial charge in [-0.2, -0.15) is 11.8 Å². The number of ether oxygens (including phenoxy) is 12. The summed E-state index contributed by atoms with van der Waals surface area (Å²) in [6, 6.07) is 0. The van der Waals surface area contributed by atoms with Crippen LogP contribution in [0.4, 0.5) is 0 Å². The highest BCUT2D eigenvalue weighted by Gasteiger charge is 2.57. The fourth-order valence-electron chi connectivity index (χ4n) is 5.32. The van der Waals surface area contributed by atoms with Gasteiger partial charge in [0.25, 0.3) is 0 Å². The minimum absolute atomic E-state index is 0.165. The third-order valence-corrected chi connectivity index (χ3v) is 8.43. The molecule has 0 aliphatic carbocycles. The molecule has 2 saturated heterocycles. The molecule has 2 aliphatic heterocycles. The van der Waals surface area contributed by atoms with Crippen LogP contribution in [0.1, 0.15) is 54.9 Å². The van der Waals surface area contributed by atoms with Gasteiger partial charge in [-0.3, -0.25) is 38.4 Å². The van der Waals surface area contributed by atoms with E-state index in [4.69, 9.17) is 52.1 Å². The van der Waals surface area contributed by atoms with Gasteiger partial charge in [-0.1, -0.05) is 6.58 Å². The van der Waals surface area contributed by atoms with E-state index in [9.17, 15) is 38.4 Å². The van der Waals surface area contributed by atoms with Crippen LogP contribution >= 0.6 is 11.8 Å².